The molecule has 1 aliphatic rings. The molecule has 0 aromatic heterocycles. The third kappa shape index (κ3) is 7.37. The molecule has 3 rings (SSSR count). The number of nitrogens with zero attached hydrogens (tertiary/aromatic N) is 1. The van der Waals surface area contributed by atoms with Gasteiger partial charge in [-0.2, -0.15) is 0 Å². The van der Waals surface area contributed by atoms with Crippen LogP contribution in [0.2, 0.25) is 10.0 Å². The van der Waals surface area contributed by atoms with E-state index in [9.17, 15) is 13.5 Å². The van der Waals surface area contributed by atoms with E-state index in [0.29, 0.717) is 38.0 Å². The molecule has 0 spiro atoms. The van der Waals surface area contributed by atoms with Crippen molar-refractivity contribution in [3.05, 3.63) is 46.4 Å². The molecule has 2 aromatic carbocycles. The van der Waals surface area contributed by atoms with Crippen LogP contribution in [0.5, 0.6) is 11.5 Å². The third-order valence-electron chi connectivity index (χ3n) is 5.21. The Kier molecular flexibility index (Phi) is 10.1. The van der Waals surface area contributed by atoms with Gasteiger partial charge in [0.2, 0.25) is 9.84 Å². The normalized spacial score (nSPS) is 16.7. The van der Waals surface area contributed by atoms with Gasteiger partial charge in [-0.1, -0.05) is 30.1 Å². The maximum atomic E-state index is 13.1. The Labute approximate surface area is 215 Å². The van der Waals surface area contributed by atoms with Crippen molar-refractivity contribution in [3.8, 4) is 11.5 Å². The molecule has 11 heteroatoms. The van der Waals surface area contributed by atoms with Gasteiger partial charge in [0.25, 0.3) is 0 Å². The first-order valence-electron chi connectivity index (χ1n) is 10.8. The van der Waals surface area contributed by atoms with Gasteiger partial charge in [-0.05, 0) is 36.4 Å². The summed E-state index contributed by atoms with van der Waals surface area (Å²) in [6.45, 7) is 5.66. The van der Waals surface area contributed by atoms with Gasteiger partial charge in [0.05, 0.1) is 39.7 Å². The van der Waals surface area contributed by atoms with Crippen LogP contribution >= 0.6 is 34.8 Å². The summed E-state index contributed by atoms with van der Waals surface area (Å²) in [4.78, 5) is 2.12. The van der Waals surface area contributed by atoms with E-state index in [2.05, 4.69) is 4.90 Å². The second kappa shape index (κ2) is 12.6. The molecule has 34 heavy (non-hydrogen) atoms. The largest absolute Gasteiger partial charge is 0.491 e. The molecule has 0 amide bonds. The fourth-order valence-corrected chi connectivity index (χ4v) is 5.41. The molecule has 1 aliphatic heterocycles. The first-order chi connectivity index (χ1) is 16.2. The van der Waals surface area contributed by atoms with Crippen molar-refractivity contribution >= 4 is 44.6 Å². The molecule has 7 nitrogen and oxygen atoms in total. The van der Waals surface area contributed by atoms with Crippen LogP contribution in [0, 0.1) is 5.92 Å². The third-order valence-corrected chi connectivity index (χ3v) is 8.04. The SMILES string of the molecule is C[C@H](CCl)COc1c(Cl)cc(S(=O)(=O)c2ccc(OC[C@@H](O)CN3CCOCC3)cc2)cc1Cl. The summed E-state index contributed by atoms with van der Waals surface area (Å²) >= 11 is 18.3. The molecule has 2 atom stereocenters. The zero-order chi connectivity index (χ0) is 24.7. The van der Waals surface area contributed by atoms with Crippen molar-refractivity contribution in [2.24, 2.45) is 5.92 Å². The van der Waals surface area contributed by atoms with E-state index < -0.39 is 15.9 Å². The monoisotopic (exact) mass is 551 g/mol. The molecule has 0 bridgehead atoms. The molecule has 0 saturated carbocycles. The lowest BCUT2D eigenvalue weighted by atomic mass is 10.2. The fourth-order valence-electron chi connectivity index (χ4n) is 3.28. The van der Waals surface area contributed by atoms with Crippen molar-refractivity contribution < 1.29 is 27.7 Å². The molecular formula is C23H28Cl3NO6S. The molecule has 0 aliphatic carbocycles. The van der Waals surface area contributed by atoms with E-state index in [1.165, 1.54) is 24.3 Å². The Bertz CT molecular complexity index is 1020. The average molecular weight is 553 g/mol. The number of halogens is 3. The van der Waals surface area contributed by atoms with Crippen molar-refractivity contribution in [2.75, 3.05) is 51.9 Å². The van der Waals surface area contributed by atoms with Crippen LogP contribution in [-0.4, -0.2) is 76.5 Å². The van der Waals surface area contributed by atoms with Crippen molar-refractivity contribution in [2.45, 2.75) is 22.8 Å². The second-order valence-electron chi connectivity index (χ2n) is 8.14. The van der Waals surface area contributed by atoms with Gasteiger partial charge in [0.1, 0.15) is 18.5 Å². The number of sulfone groups is 1. The molecule has 1 saturated heterocycles. The maximum Gasteiger partial charge on any atom is 0.206 e. The second-order valence-corrected chi connectivity index (χ2v) is 11.2. The summed E-state index contributed by atoms with van der Waals surface area (Å²) in [5, 5.41) is 10.4. The van der Waals surface area contributed by atoms with Gasteiger partial charge < -0.3 is 19.3 Å². The minimum atomic E-state index is -3.87. The predicted molar refractivity (Wildman–Crippen MR) is 132 cm³/mol. The van der Waals surface area contributed by atoms with Gasteiger partial charge >= 0.3 is 0 Å². The van der Waals surface area contributed by atoms with Crippen molar-refractivity contribution in [1.82, 2.24) is 4.90 Å². The Hall–Kier alpha value is -1.26. The van der Waals surface area contributed by atoms with Gasteiger partial charge in [0, 0.05) is 31.4 Å². The van der Waals surface area contributed by atoms with Crippen LogP contribution in [0.4, 0.5) is 0 Å². The van der Waals surface area contributed by atoms with Crippen LogP contribution in [0.1, 0.15) is 6.92 Å². The summed E-state index contributed by atoms with van der Waals surface area (Å²) in [5.41, 5.74) is 0. The van der Waals surface area contributed by atoms with Gasteiger partial charge in [0.15, 0.2) is 5.75 Å². The summed E-state index contributed by atoms with van der Waals surface area (Å²) in [6.07, 6.45) is -0.668. The zero-order valence-corrected chi connectivity index (χ0v) is 21.8. The molecule has 1 N–H and O–H groups in total. The lowest BCUT2D eigenvalue weighted by Crippen LogP contribution is -2.42. The molecule has 1 heterocycles. The number of rotatable bonds is 11. The van der Waals surface area contributed by atoms with E-state index in [1.807, 2.05) is 6.92 Å². The molecule has 2 aromatic rings. The first-order valence-corrected chi connectivity index (χ1v) is 13.6. The Morgan fingerprint density at radius 1 is 1.03 bits per heavy atom. The highest BCUT2D eigenvalue weighted by molar-refractivity contribution is 7.91. The van der Waals surface area contributed by atoms with Crippen molar-refractivity contribution in [1.29, 1.82) is 0 Å². The smallest absolute Gasteiger partial charge is 0.206 e. The summed E-state index contributed by atoms with van der Waals surface area (Å²) in [6, 6.07) is 8.59. The lowest BCUT2D eigenvalue weighted by Gasteiger charge is -2.28. The fraction of sp³-hybridized carbons (Fsp3) is 0.478. The average Bonchev–Trinajstić information content (AvgIpc) is 2.82. The number of hydrogen-bond donors (Lipinski definition) is 1. The van der Waals surface area contributed by atoms with Crippen LogP contribution < -0.4 is 9.47 Å². The van der Waals surface area contributed by atoms with Crippen LogP contribution in [0.25, 0.3) is 0 Å². The van der Waals surface area contributed by atoms with E-state index in [0.717, 1.165) is 13.1 Å². The number of morpholine rings is 1. The highest BCUT2D eigenvalue weighted by Gasteiger charge is 2.22. The van der Waals surface area contributed by atoms with Gasteiger partial charge in [-0.15, -0.1) is 11.6 Å². The number of hydrogen-bond acceptors (Lipinski definition) is 7. The van der Waals surface area contributed by atoms with Crippen LogP contribution in [0.3, 0.4) is 0 Å². The van der Waals surface area contributed by atoms with E-state index >= 15 is 0 Å². The number of alkyl halides is 1. The summed E-state index contributed by atoms with van der Waals surface area (Å²) in [5.74, 6) is 1.17. The van der Waals surface area contributed by atoms with Crippen LogP contribution in [-0.2, 0) is 14.6 Å². The zero-order valence-electron chi connectivity index (χ0n) is 18.8. The molecule has 188 valence electrons. The standard InChI is InChI=1S/C23H28Cl3NO6S/c1-16(12-24)14-33-23-21(25)10-20(11-22(23)26)34(29,30)19-4-2-18(3-5-19)32-15-17(28)13-27-6-8-31-9-7-27/h2-5,10-11,16-17,28H,6-9,12-15H2,1H3/t16-,17+/m1/s1. The highest BCUT2D eigenvalue weighted by Crippen LogP contribution is 2.37. The minimum Gasteiger partial charge on any atom is -0.491 e. The molecule has 0 radical (unpaired) electrons. The Morgan fingerprint density at radius 3 is 2.24 bits per heavy atom. The Balaban J connectivity index is 1.63. The quantitative estimate of drug-likeness (QED) is 0.419. The summed E-state index contributed by atoms with van der Waals surface area (Å²) < 4.78 is 42.7. The van der Waals surface area contributed by atoms with Crippen molar-refractivity contribution in [3.63, 3.8) is 0 Å². The predicted octanol–water partition coefficient (Wildman–Crippen LogP) is 4.15. The lowest BCUT2D eigenvalue weighted by molar-refractivity contribution is 0.00465. The molecule has 1 fully saturated rings. The Morgan fingerprint density at radius 2 is 1.65 bits per heavy atom. The van der Waals surface area contributed by atoms with E-state index in [4.69, 9.17) is 49.0 Å². The summed E-state index contributed by atoms with van der Waals surface area (Å²) in [7, 11) is -3.87. The van der Waals surface area contributed by atoms with Gasteiger partial charge in [-0.3, -0.25) is 4.90 Å². The first kappa shape index (κ1) is 27.3. The molecular weight excluding hydrogens is 525 g/mol. The number of ether oxygens (including phenoxy) is 3. The maximum absolute atomic E-state index is 13.1. The number of β-amino-alcohol motifs (C(OH)–C–C–N with tert-alkyl or cyclic N) is 1. The minimum absolute atomic E-state index is 0.0464. The van der Waals surface area contributed by atoms with E-state index in [-0.39, 0.29) is 38.1 Å². The van der Waals surface area contributed by atoms with Gasteiger partial charge in [-0.25, -0.2) is 8.42 Å². The van der Waals surface area contributed by atoms with E-state index in [1.54, 1.807) is 12.1 Å². The van der Waals surface area contributed by atoms with Crippen LogP contribution in [0.15, 0.2) is 46.2 Å². The number of benzene rings is 2. The topological polar surface area (TPSA) is 85.3 Å². The number of aliphatic hydroxyl groups excluding tert-OH is 1. The highest BCUT2D eigenvalue weighted by atomic mass is 35.5. The number of aliphatic hydroxyl groups is 1. The molecule has 0 unspecified atom stereocenters.